The topological polar surface area (TPSA) is 72.2 Å². The number of hydrogen-bond acceptors (Lipinski definition) is 3. The van der Waals surface area contributed by atoms with Gasteiger partial charge >= 0.3 is 0 Å². The van der Waals surface area contributed by atoms with Crippen LogP contribution in [0.1, 0.15) is 16.7 Å². The summed E-state index contributed by atoms with van der Waals surface area (Å²) >= 11 is 0. The molecule has 0 heterocycles. The van der Waals surface area contributed by atoms with Crippen LogP contribution in [0.2, 0.25) is 0 Å². The monoisotopic (exact) mass is 308 g/mol. The van der Waals surface area contributed by atoms with Gasteiger partial charge in [0.05, 0.1) is 5.69 Å². The number of anilines is 2. The van der Waals surface area contributed by atoms with Crippen LogP contribution < -0.4 is 10.5 Å². The molecule has 0 spiro atoms. The second-order valence-corrected chi connectivity index (χ2v) is 6.69. The SMILES string of the molecule is Cc1cc(N)c(S(=O)(=O)Nc2ccc(F)c(C)c2)cc1C. The summed E-state index contributed by atoms with van der Waals surface area (Å²) in [5.74, 6) is -0.386. The average Bonchev–Trinajstić information content (AvgIpc) is 2.37. The summed E-state index contributed by atoms with van der Waals surface area (Å²) in [6, 6.07) is 7.18. The molecule has 0 fully saturated rings. The van der Waals surface area contributed by atoms with Crippen molar-refractivity contribution in [1.82, 2.24) is 0 Å². The molecule has 2 aromatic rings. The molecule has 0 aromatic heterocycles. The predicted octanol–water partition coefficient (Wildman–Crippen LogP) is 3.13. The second-order valence-electron chi connectivity index (χ2n) is 5.04. The van der Waals surface area contributed by atoms with Crippen molar-refractivity contribution in [3.8, 4) is 0 Å². The number of rotatable bonds is 3. The van der Waals surface area contributed by atoms with Crippen molar-refractivity contribution in [2.75, 3.05) is 10.5 Å². The molecule has 4 nitrogen and oxygen atoms in total. The van der Waals surface area contributed by atoms with Crippen LogP contribution in [0, 0.1) is 26.6 Å². The maximum atomic E-state index is 13.2. The van der Waals surface area contributed by atoms with Crippen molar-refractivity contribution in [2.45, 2.75) is 25.7 Å². The predicted molar refractivity (Wildman–Crippen MR) is 82.3 cm³/mol. The lowest BCUT2D eigenvalue weighted by atomic mass is 10.1. The Balaban J connectivity index is 2.43. The van der Waals surface area contributed by atoms with E-state index in [4.69, 9.17) is 5.73 Å². The van der Waals surface area contributed by atoms with Crippen LogP contribution in [-0.2, 0) is 10.0 Å². The molecule has 6 heteroatoms. The summed E-state index contributed by atoms with van der Waals surface area (Å²) in [5.41, 5.74) is 8.41. The Morgan fingerprint density at radius 3 is 2.24 bits per heavy atom. The Morgan fingerprint density at radius 2 is 1.62 bits per heavy atom. The summed E-state index contributed by atoms with van der Waals surface area (Å²) < 4.78 is 40.4. The van der Waals surface area contributed by atoms with Crippen molar-refractivity contribution in [3.05, 3.63) is 52.8 Å². The van der Waals surface area contributed by atoms with Gasteiger partial charge in [-0.2, -0.15) is 0 Å². The van der Waals surface area contributed by atoms with E-state index in [0.717, 1.165) is 11.1 Å². The third kappa shape index (κ3) is 3.16. The number of halogens is 1. The van der Waals surface area contributed by atoms with Crippen LogP contribution in [0.5, 0.6) is 0 Å². The number of nitrogens with one attached hydrogen (secondary N) is 1. The summed E-state index contributed by atoms with van der Waals surface area (Å²) in [4.78, 5) is 0.0209. The Bertz CT molecular complexity index is 802. The van der Waals surface area contributed by atoms with Crippen LogP contribution in [0.3, 0.4) is 0 Å². The first-order valence-electron chi connectivity index (χ1n) is 6.36. The van der Waals surface area contributed by atoms with Crippen molar-refractivity contribution in [3.63, 3.8) is 0 Å². The second kappa shape index (κ2) is 5.37. The fourth-order valence-corrected chi connectivity index (χ4v) is 3.21. The van der Waals surface area contributed by atoms with Gasteiger partial charge in [-0.05, 0) is 67.8 Å². The average molecular weight is 308 g/mol. The van der Waals surface area contributed by atoms with Gasteiger partial charge in [0.25, 0.3) is 10.0 Å². The zero-order valence-electron chi connectivity index (χ0n) is 12.1. The number of benzene rings is 2. The Hall–Kier alpha value is -2.08. The van der Waals surface area contributed by atoms with Gasteiger partial charge < -0.3 is 5.73 Å². The molecule has 21 heavy (non-hydrogen) atoms. The van der Waals surface area contributed by atoms with Crippen molar-refractivity contribution in [2.24, 2.45) is 0 Å². The fraction of sp³-hybridized carbons (Fsp3) is 0.200. The normalized spacial score (nSPS) is 11.4. The highest BCUT2D eigenvalue weighted by Crippen LogP contribution is 2.25. The molecule has 2 rings (SSSR count). The van der Waals surface area contributed by atoms with Crippen LogP contribution >= 0.6 is 0 Å². The number of nitrogen functional groups attached to an aromatic ring is 1. The van der Waals surface area contributed by atoms with Crippen LogP contribution in [-0.4, -0.2) is 8.42 Å². The molecule has 112 valence electrons. The van der Waals surface area contributed by atoms with Crippen LogP contribution in [0.25, 0.3) is 0 Å². The number of sulfonamides is 1. The van der Waals surface area contributed by atoms with E-state index in [1.54, 1.807) is 13.0 Å². The van der Waals surface area contributed by atoms with Crippen LogP contribution in [0.15, 0.2) is 35.2 Å². The molecule has 0 atom stereocenters. The zero-order chi connectivity index (χ0) is 15.8. The van der Waals surface area contributed by atoms with Gasteiger partial charge in [0.2, 0.25) is 0 Å². The minimum absolute atomic E-state index is 0.0209. The summed E-state index contributed by atoms with van der Waals surface area (Å²) in [6.45, 7) is 5.24. The van der Waals surface area contributed by atoms with Gasteiger partial charge in [-0.15, -0.1) is 0 Å². The van der Waals surface area contributed by atoms with Crippen molar-refractivity contribution in [1.29, 1.82) is 0 Å². The van der Waals surface area contributed by atoms with E-state index in [2.05, 4.69) is 4.72 Å². The molecule has 3 N–H and O–H groups in total. The molecule has 0 aliphatic heterocycles. The molecular weight excluding hydrogens is 291 g/mol. The van der Waals surface area contributed by atoms with Gasteiger partial charge in [0, 0.05) is 5.69 Å². The first kappa shape index (κ1) is 15.3. The maximum Gasteiger partial charge on any atom is 0.263 e. The standard InChI is InChI=1S/C15H17FN2O2S/c1-9-7-14(17)15(8-10(9)2)21(19,20)18-12-4-5-13(16)11(3)6-12/h4-8,18H,17H2,1-3H3. The fourth-order valence-electron chi connectivity index (χ4n) is 1.96. The van der Waals surface area contributed by atoms with Gasteiger partial charge in [-0.1, -0.05) is 0 Å². The molecule has 0 saturated heterocycles. The first-order chi connectivity index (χ1) is 9.70. The van der Waals surface area contributed by atoms with E-state index in [1.165, 1.54) is 24.3 Å². The summed E-state index contributed by atoms with van der Waals surface area (Å²) in [6.07, 6.45) is 0. The van der Waals surface area contributed by atoms with Gasteiger partial charge in [0.1, 0.15) is 10.7 Å². The Morgan fingerprint density at radius 1 is 1.00 bits per heavy atom. The lowest BCUT2D eigenvalue weighted by Gasteiger charge is -2.13. The van der Waals surface area contributed by atoms with Crippen LogP contribution in [0.4, 0.5) is 15.8 Å². The van der Waals surface area contributed by atoms with Crippen molar-refractivity contribution >= 4 is 21.4 Å². The van der Waals surface area contributed by atoms with E-state index in [9.17, 15) is 12.8 Å². The molecule has 0 aliphatic carbocycles. The van der Waals surface area contributed by atoms with Gasteiger partial charge in [0.15, 0.2) is 0 Å². The first-order valence-corrected chi connectivity index (χ1v) is 7.85. The highest BCUT2D eigenvalue weighted by Gasteiger charge is 2.19. The molecular formula is C15H17FN2O2S. The quantitative estimate of drug-likeness (QED) is 0.856. The minimum atomic E-state index is -3.81. The number of nitrogens with two attached hydrogens (primary N) is 1. The highest BCUT2D eigenvalue weighted by atomic mass is 32.2. The van der Waals surface area contributed by atoms with E-state index in [-0.39, 0.29) is 16.4 Å². The molecule has 0 bridgehead atoms. The largest absolute Gasteiger partial charge is 0.398 e. The molecule has 0 amide bonds. The van der Waals surface area contributed by atoms with E-state index in [0.29, 0.717) is 11.3 Å². The Labute approximate surface area is 123 Å². The number of hydrogen-bond donors (Lipinski definition) is 2. The molecule has 0 radical (unpaired) electrons. The highest BCUT2D eigenvalue weighted by molar-refractivity contribution is 7.92. The van der Waals surface area contributed by atoms with Gasteiger partial charge in [-0.3, -0.25) is 4.72 Å². The molecule has 0 aliphatic rings. The molecule has 0 unspecified atom stereocenters. The third-order valence-corrected chi connectivity index (χ3v) is 4.76. The number of aryl methyl sites for hydroxylation is 3. The molecule has 2 aromatic carbocycles. The smallest absolute Gasteiger partial charge is 0.263 e. The minimum Gasteiger partial charge on any atom is -0.398 e. The third-order valence-electron chi connectivity index (χ3n) is 3.33. The maximum absolute atomic E-state index is 13.2. The summed E-state index contributed by atoms with van der Waals surface area (Å²) in [7, 11) is -3.81. The Kier molecular flexibility index (Phi) is 3.91. The zero-order valence-corrected chi connectivity index (χ0v) is 12.9. The van der Waals surface area contributed by atoms with Gasteiger partial charge in [-0.25, -0.2) is 12.8 Å². The summed E-state index contributed by atoms with van der Waals surface area (Å²) in [5, 5.41) is 0. The molecule has 0 saturated carbocycles. The lowest BCUT2D eigenvalue weighted by Crippen LogP contribution is -2.15. The van der Waals surface area contributed by atoms with E-state index < -0.39 is 10.0 Å². The lowest BCUT2D eigenvalue weighted by molar-refractivity contribution is 0.601. The van der Waals surface area contributed by atoms with E-state index >= 15 is 0 Å². The van der Waals surface area contributed by atoms with E-state index in [1.807, 2.05) is 13.8 Å². The van der Waals surface area contributed by atoms with Crippen molar-refractivity contribution < 1.29 is 12.8 Å².